The maximum Gasteiger partial charge on any atom is 0.126 e. The average molecular weight is 265 g/mol. The zero-order valence-corrected chi connectivity index (χ0v) is 10.6. The molecule has 4 heteroatoms. The maximum absolute atomic E-state index is 13.1. The Morgan fingerprint density at radius 3 is 2.50 bits per heavy atom. The molecule has 2 aromatic rings. The standard InChI is InChI=1S/C14H13F2NS/c15-10-5-9(6-11(16)7-10)14-4-3-13(18-14)8-17-12-1-2-12/h3-7,12,17H,1-2,8H2. The summed E-state index contributed by atoms with van der Waals surface area (Å²) in [6, 6.07) is 8.23. The summed E-state index contributed by atoms with van der Waals surface area (Å²) in [5.41, 5.74) is 0.607. The van der Waals surface area contributed by atoms with Crippen molar-refractivity contribution in [3.63, 3.8) is 0 Å². The van der Waals surface area contributed by atoms with Gasteiger partial charge in [0.05, 0.1) is 0 Å². The average Bonchev–Trinajstić information content (AvgIpc) is 3.02. The van der Waals surface area contributed by atoms with Gasteiger partial charge in [0.15, 0.2) is 0 Å². The smallest absolute Gasteiger partial charge is 0.126 e. The van der Waals surface area contributed by atoms with Crippen LogP contribution in [-0.4, -0.2) is 6.04 Å². The summed E-state index contributed by atoms with van der Waals surface area (Å²) in [7, 11) is 0. The summed E-state index contributed by atoms with van der Waals surface area (Å²) in [6.07, 6.45) is 2.51. The summed E-state index contributed by atoms with van der Waals surface area (Å²) in [4.78, 5) is 2.10. The van der Waals surface area contributed by atoms with E-state index in [0.717, 1.165) is 17.5 Å². The van der Waals surface area contributed by atoms with Gasteiger partial charge in [-0.05, 0) is 42.7 Å². The first-order chi connectivity index (χ1) is 8.70. The molecule has 1 aromatic heterocycles. The Hall–Kier alpha value is -1.26. The molecule has 1 heterocycles. The van der Waals surface area contributed by atoms with Crippen molar-refractivity contribution in [3.05, 3.63) is 46.8 Å². The van der Waals surface area contributed by atoms with Crippen LogP contribution in [0.5, 0.6) is 0 Å². The van der Waals surface area contributed by atoms with E-state index in [1.807, 2.05) is 12.1 Å². The molecule has 0 unspecified atom stereocenters. The highest BCUT2D eigenvalue weighted by Crippen LogP contribution is 2.30. The fraction of sp³-hybridized carbons (Fsp3) is 0.286. The number of nitrogens with one attached hydrogen (secondary N) is 1. The van der Waals surface area contributed by atoms with Crippen LogP contribution >= 0.6 is 11.3 Å². The molecule has 0 aliphatic heterocycles. The summed E-state index contributed by atoms with van der Waals surface area (Å²) in [5, 5.41) is 3.42. The van der Waals surface area contributed by atoms with Crippen LogP contribution < -0.4 is 5.32 Å². The van der Waals surface area contributed by atoms with Gasteiger partial charge in [-0.15, -0.1) is 11.3 Å². The van der Waals surface area contributed by atoms with E-state index in [1.165, 1.54) is 29.9 Å². The zero-order chi connectivity index (χ0) is 12.5. The van der Waals surface area contributed by atoms with Gasteiger partial charge >= 0.3 is 0 Å². The summed E-state index contributed by atoms with van der Waals surface area (Å²) < 4.78 is 26.3. The first kappa shape index (κ1) is 11.8. The predicted molar refractivity (Wildman–Crippen MR) is 69.5 cm³/mol. The third-order valence-electron chi connectivity index (χ3n) is 2.95. The van der Waals surface area contributed by atoms with Gasteiger partial charge in [-0.3, -0.25) is 0 Å². The van der Waals surface area contributed by atoms with Crippen molar-refractivity contribution in [2.75, 3.05) is 0 Å². The number of halogens is 2. The quantitative estimate of drug-likeness (QED) is 0.882. The lowest BCUT2D eigenvalue weighted by Gasteiger charge is -2.00. The minimum absolute atomic E-state index is 0.531. The van der Waals surface area contributed by atoms with Crippen molar-refractivity contribution in [2.24, 2.45) is 0 Å². The van der Waals surface area contributed by atoms with Gasteiger partial charge in [-0.1, -0.05) is 0 Å². The molecule has 1 N–H and O–H groups in total. The molecule has 1 aromatic carbocycles. The van der Waals surface area contributed by atoms with E-state index in [-0.39, 0.29) is 0 Å². The SMILES string of the molecule is Fc1cc(F)cc(-c2ccc(CNC3CC3)s2)c1. The van der Waals surface area contributed by atoms with Gasteiger partial charge in [0.25, 0.3) is 0 Å². The lowest BCUT2D eigenvalue weighted by molar-refractivity contribution is 0.584. The Morgan fingerprint density at radius 1 is 1.11 bits per heavy atom. The van der Waals surface area contributed by atoms with Crippen molar-refractivity contribution in [1.29, 1.82) is 0 Å². The zero-order valence-electron chi connectivity index (χ0n) is 9.75. The molecule has 94 valence electrons. The molecule has 0 radical (unpaired) electrons. The number of rotatable bonds is 4. The highest BCUT2D eigenvalue weighted by Gasteiger charge is 2.20. The molecule has 0 bridgehead atoms. The predicted octanol–water partition coefficient (Wildman–Crippen LogP) is 3.95. The van der Waals surface area contributed by atoms with Gasteiger partial charge in [-0.25, -0.2) is 8.78 Å². The number of hydrogen-bond donors (Lipinski definition) is 1. The number of thiophene rings is 1. The maximum atomic E-state index is 13.1. The molecular weight excluding hydrogens is 252 g/mol. The third-order valence-corrected chi connectivity index (χ3v) is 4.09. The molecule has 0 saturated heterocycles. The van der Waals surface area contributed by atoms with Crippen LogP contribution in [0.25, 0.3) is 10.4 Å². The molecule has 1 saturated carbocycles. The van der Waals surface area contributed by atoms with Gasteiger partial charge < -0.3 is 5.32 Å². The highest BCUT2D eigenvalue weighted by molar-refractivity contribution is 7.15. The van der Waals surface area contributed by atoms with E-state index < -0.39 is 11.6 Å². The van der Waals surface area contributed by atoms with E-state index >= 15 is 0 Å². The van der Waals surface area contributed by atoms with Gasteiger partial charge in [0.1, 0.15) is 11.6 Å². The molecule has 1 nitrogen and oxygen atoms in total. The third kappa shape index (κ3) is 2.76. The lowest BCUT2D eigenvalue weighted by Crippen LogP contribution is -2.14. The van der Waals surface area contributed by atoms with Gasteiger partial charge in [-0.2, -0.15) is 0 Å². The summed E-state index contributed by atoms with van der Waals surface area (Å²) >= 11 is 1.58. The fourth-order valence-electron chi connectivity index (χ4n) is 1.86. The molecular formula is C14H13F2NS. The van der Waals surface area contributed by atoms with Crippen LogP contribution in [0.15, 0.2) is 30.3 Å². The van der Waals surface area contributed by atoms with E-state index in [2.05, 4.69) is 5.32 Å². The van der Waals surface area contributed by atoms with E-state index in [0.29, 0.717) is 11.6 Å². The van der Waals surface area contributed by atoms with Crippen molar-refractivity contribution in [2.45, 2.75) is 25.4 Å². The highest BCUT2D eigenvalue weighted by atomic mass is 32.1. The Morgan fingerprint density at radius 2 is 1.83 bits per heavy atom. The molecule has 0 amide bonds. The van der Waals surface area contributed by atoms with Crippen LogP contribution in [0, 0.1) is 11.6 Å². The van der Waals surface area contributed by atoms with E-state index in [1.54, 1.807) is 11.3 Å². The number of benzene rings is 1. The second kappa shape index (κ2) is 4.78. The van der Waals surface area contributed by atoms with Crippen molar-refractivity contribution < 1.29 is 8.78 Å². The van der Waals surface area contributed by atoms with Crippen LogP contribution in [-0.2, 0) is 6.54 Å². The van der Waals surface area contributed by atoms with Crippen LogP contribution in [0.4, 0.5) is 8.78 Å². The normalized spacial score (nSPS) is 15.0. The summed E-state index contributed by atoms with van der Waals surface area (Å²) in [5.74, 6) is -1.06. The van der Waals surface area contributed by atoms with E-state index in [4.69, 9.17) is 0 Å². The lowest BCUT2D eigenvalue weighted by atomic mass is 10.2. The first-order valence-corrected chi connectivity index (χ1v) is 6.81. The Bertz CT molecular complexity index is 540. The van der Waals surface area contributed by atoms with Gasteiger partial charge in [0.2, 0.25) is 0 Å². The second-order valence-electron chi connectivity index (χ2n) is 4.58. The Balaban J connectivity index is 1.78. The van der Waals surface area contributed by atoms with Crippen molar-refractivity contribution >= 4 is 11.3 Å². The molecule has 0 spiro atoms. The minimum atomic E-state index is -0.531. The van der Waals surface area contributed by atoms with Gasteiger partial charge in [0, 0.05) is 28.4 Å². The largest absolute Gasteiger partial charge is 0.309 e. The first-order valence-electron chi connectivity index (χ1n) is 5.99. The Labute approximate surface area is 108 Å². The van der Waals surface area contributed by atoms with Crippen molar-refractivity contribution in [3.8, 4) is 10.4 Å². The summed E-state index contributed by atoms with van der Waals surface area (Å²) in [6.45, 7) is 0.840. The van der Waals surface area contributed by atoms with Crippen LogP contribution in [0.2, 0.25) is 0 Å². The molecule has 1 aliphatic rings. The topological polar surface area (TPSA) is 12.0 Å². The van der Waals surface area contributed by atoms with Crippen LogP contribution in [0.3, 0.4) is 0 Å². The monoisotopic (exact) mass is 265 g/mol. The Kier molecular flexibility index (Phi) is 3.14. The number of hydrogen-bond acceptors (Lipinski definition) is 2. The molecule has 1 aliphatic carbocycles. The molecule has 1 fully saturated rings. The molecule has 0 atom stereocenters. The second-order valence-corrected chi connectivity index (χ2v) is 5.75. The van der Waals surface area contributed by atoms with E-state index in [9.17, 15) is 8.78 Å². The molecule has 3 rings (SSSR count). The molecule has 18 heavy (non-hydrogen) atoms. The fourth-order valence-corrected chi connectivity index (χ4v) is 2.80. The van der Waals surface area contributed by atoms with Crippen LogP contribution in [0.1, 0.15) is 17.7 Å². The minimum Gasteiger partial charge on any atom is -0.309 e. The van der Waals surface area contributed by atoms with Crippen molar-refractivity contribution in [1.82, 2.24) is 5.32 Å².